The van der Waals surface area contributed by atoms with Gasteiger partial charge in [-0.25, -0.2) is 0 Å². The van der Waals surface area contributed by atoms with E-state index in [9.17, 15) is 5.11 Å². The number of likely N-dealkylation sites (tertiary alicyclic amines) is 1. The summed E-state index contributed by atoms with van der Waals surface area (Å²) < 4.78 is 17.2. The zero-order valence-electron chi connectivity index (χ0n) is 18.5. The molecule has 2 fully saturated rings. The van der Waals surface area contributed by atoms with Gasteiger partial charge in [-0.05, 0) is 49.2 Å². The second kappa shape index (κ2) is 10.8. The number of hydrogen-bond donors (Lipinski definition) is 1. The highest BCUT2D eigenvalue weighted by Gasteiger charge is 2.15. The number of phenols is 1. The molecule has 31 heavy (non-hydrogen) atoms. The fourth-order valence-electron chi connectivity index (χ4n) is 4.36. The van der Waals surface area contributed by atoms with Gasteiger partial charge in [0.2, 0.25) is 0 Å². The Hall–Kier alpha value is -2.28. The lowest BCUT2D eigenvalue weighted by Crippen LogP contribution is -2.35. The molecule has 2 aromatic rings. The first-order chi connectivity index (χ1) is 15.2. The minimum atomic E-state index is 0.235. The summed E-state index contributed by atoms with van der Waals surface area (Å²) in [6.45, 7) is 8.25. The molecule has 2 aliphatic rings. The summed E-state index contributed by atoms with van der Waals surface area (Å²) in [5.41, 5.74) is 3.43. The van der Waals surface area contributed by atoms with Gasteiger partial charge in [-0.15, -0.1) is 0 Å². The maximum absolute atomic E-state index is 9.96. The first-order valence-corrected chi connectivity index (χ1v) is 11.3. The van der Waals surface area contributed by atoms with E-state index in [1.165, 1.54) is 18.4 Å². The number of aromatic hydroxyl groups is 1. The first-order valence-electron chi connectivity index (χ1n) is 11.3. The van der Waals surface area contributed by atoms with E-state index >= 15 is 0 Å². The van der Waals surface area contributed by atoms with Crippen molar-refractivity contribution in [3.63, 3.8) is 0 Å². The van der Waals surface area contributed by atoms with Crippen molar-refractivity contribution in [2.45, 2.75) is 25.8 Å². The van der Waals surface area contributed by atoms with Crippen LogP contribution in [-0.4, -0.2) is 74.6 Å². The number of benzene rings is 2. The van der Waals surface area contributed by atoms with E-state index in [2.05, 4.69) is 28.0 Å². The molecule has 168 valence electrons. The Kier molecular flexibility index (Phi) is 7.67. The standard InChI is InChI=1S/C25H34N2O4/c1-29-24-17-20(4-5-22(24)19-27-10-13-30-14-11-27)16-21-6-7-23(28)18-25(21)31-15-12-26-8-2-3-9-26/h4-7,17-18,28H,2-3,8-16,19H2,1H3. The zero-order chi connectivity index (χ0) is 21.5. The molecule has 1 N–H and O–H groups in total. The van der Waals surface area contributed by atoms with Crippen molar-refractivity contribution in [1.29, 1.82) is 0 Å². The molecule has 6 nitrogen and oxygen atoms in total. The molecule has 0 spiro atoms. The van der Waals surface area contributed by atoms with Gasteiger partial charge in [0.05, 0.1) is 20.3 Å². The van der Waals surface area contributed by atoms with E-state index in [4.69, 9.17) is 14.2 Å². The molecular weight excluding hydrogens is 392 g/mol. The molecule has 2 aromatic carbocycles. The Labute approximate surface area is 185 Å². The quantitative estimate of drug-likeness (QED) is 0.664. The summed E-state index contributed by atoms with van der Waals surface area (Å²) in [6, 6.07) is 11.9. The van der Waals surface area contributed by atoms with E-state index in [1.807, 2.05) is 6.07 Å². The number of ether oxygens (including phenoxy) is 3. The van der Waals surface area contributed by atoms with Gasteiger partial charge in [0.15, 0.2) is 0 Å². The molecule has 0 aliphatic carbocycles. The molecule has 0 atom stereocenters. The van der Waals surface area contributed by atoms with Gasteiger partial charge in [0.25, 0.3) is 0 Å². The van der Waals surface area contributed by atoms with Crippen molar-refractivity contribution < 1.29 is 19.3 Å². The van der Waals surface area contributed by atoms with Crippen LogP contribution in [0.15, 0.2) is 36.4 Å². The van der Waals surface area contributed by atoms with Crippen LogP contribution in [0, 0.1) is 0 Å². The SMILES string of the molecule is COc1cc(Cc2ccc(O)cc2OCCN2CCCC2)ccc1CN1CCOCC1. The van der Waals surface area contributed by atoms with Crippen LogP contribution in [0.1, 0.15) is 29.5 Å². The van der Waals surface area contributed by atoms with Crippen molar-refractivity contribution in [2.75, 3.05) is 59.7 Å². The predicted octanol–water partition coefficient (Wildman–Crippen LogP) is 3.30. The molecule has 4 rings (SSSR count). The van der Waals surface area contributed by atoms with Crippen LogP contribution in [0.2, 0.25) is 0 Å². The third-order valence-corrected chi connectivity index (χ3v) is 6.16. The summed E-state index contributed by atoms with van der Waals surface area (Å²) in [6.07, 6.45) is 3.29. The van der Waals surface area contributed by atoms with Gasteiger partial charge < -0.3 is 19.3 Å². The molecule has 2 heterocycles. The van der Waals surface area contributed by atoms with E-state index in [0.29, 0.717) is 6.61 Å². The van der Waals surface area contributed by atoms with Gasteiger partial charge in [0, 0.05) is 44.2 Å². The summed E-state index contributed by atoms with van der Waals surface area (Å²) in [5, 5.41) is 9.96. The zero-order valence-corrected chi connectivity index (χ0v) is 18.5. The lowest BCUT2D eigenvalue weighted by Gasteiger charge is -2.27. The van der Waals surface area contributed by atoms with Crippen LogP contribution in [0.5, 0.6) is 17.2 Å². The second-order valence-electron chi connectivity index (χ2n) is 8.40. The monoisotopic (exact) mass is 426 g/mol. The van der Waals surface area contributed by atoms with E-state index in [1.54, 1.807) is 19.2 Å². The van der Waals surface area contributed by atoms with Gasteiger partial charge in [-0.1, -0.05) is 18.2 Å². The summed E-state index contributed by atoms with van der Waals surface area (Å²) in [5.74, 6) is 1.91. The predicted molar refractivity (Wildman–Crippen MR) is 121 cm³/mol. The van der Waals surface area contributed by atoms with Gasteiger partial charge in [-0.3, -0.25) is 9.80 Å². The van der Waals surface area contributed by atoms with E-state index in [0.717, 1.165) is 81.5 Å². The van der Waals surface area contributed by atoms with Crippen molar-refractivity contribution >= 4 is 0 Å². The first kappa shape index (κ1) is 21.9. The van der Waals surface area contributed by atoms with Crippen LogP contribution in [0.4, 0.5) is 0 Å². The van der Waals surface area contributed by atoms with E-state index < -0.39 is 0 Å². The highest BCUT2D eigenvalue weighted by molar-refractivity contribution is 5.45. The lowest BCUT2D eigenvalue weighted by molar-refractivity contribution is 0.0339. The maximum Gasteiger partial charge on any atom is 0.126 e. The normalized spacial score (nSPS) is 17.7. The Morgan fingerprint density at radius 3 is 2.45 bits per heavy atom. The van der Waals surface area contributed by atoms with Crippen molar-refractivity contribution in [3.05, 3.63) is 53.1 Å². The van der Waals surface area contributed by atoms with Crippen LogP contribution < -0.4 is 9.47 Å². The number of morpholine rings is 1. The molecule has 0 saturated carbocycles. The minimum absolute atomic E-state index is 0.235. The molecule has 6 heteroatoms. The third-order valence-electron chi connectivity index (χ3n) is 6.16. The molecule has 0 bridgehead atoms. The fraction of sp³-hybridized carbons (Fsp3) is 0.520. The Bertz CT molecular complexity index is 845. The number of nitrogens with zero attached hydrogens (tertiary/aromatic N) is 2. The maximum atomic E-state index is 9.96. The molecule has 0 aromatic heterocycles. The number of methoxy groups -OCH3 is 1. The third kappa shape index (κ3) is 6.12. The fourth-order valence-corrected chi connectivity index (χ4v) is 4.36. The highest BCUT2D eigenvalue weighted by atomic mass is 16.5. The van der Waals surface area contributed by atoms with Crippen LogP contribution >= 0.6 is 0 Å². The lowest BCUT2D eigenvalue weighted by atomic mass is 10.0. The molecule has 0 radical (unpaired) electrons. The van der Waals surface area contributed by atoms with Crippen LogP contribution in [-0.2, 0) is 17.7 Å². The van der Waals surface area contributed by atoms with Gasteiger partial charge in [-0.2, -0.15) is 0 Å². The highest BCUT2D eigenvalue weighted by Crippen LogP contribution is 2.29. The second-order valence-corrected chi connectivity index (χ2v) is 8.40. The van der Waals surface area contributed by atoms with Crippen LogP contribution in [0.3, 0.4) is 0 Å². The van der Waals surface area contributed by atoms with Gasteiger partial charge in [0.1, 0.15) is 23.9 Å². The minimum Gasteiger partial charge on any atom is -0.508 e. The average molecular weight is 427 g/mol. The summed E-state index contributed by atoms with van der Waals surface area (Å²) in [7, 11) is 1.73. The molecule has 0 unspecified atom stereocenters. The largest absolute Gasteiger partial charge is 0.508 e. The summed E-state index contributed by atoms with van der Waals surface area (Å²) >= 11 is 0. The molecular formula is C25H34N2O4. The number of phenolic OH excluding ortho intramolecular Hbond substituents is 1. The molecule has 2 saturated heterocycles. The number of rotatable bonds is 9. The molecule has 2 aliphatic heterocycles. The van der Waals surface area contributed by atoms with Crippen molar-refractivity contribution in [2.24, 2.45) is 0 Å². The van der Waals surface area contributed by atoms with Crippen LogP contribution in [0.25, 0.3) is 0 Å². The topological polar surface area (TPSA) is 54.4 Å². The Morgan fingerprint density at radius 1 is 0.903 bits per heavy atom. The molecule has 0 amide bonds. The van der Waals surface area contributed by atoms with Crippen molar-refractivity contribution in [3.8, 4) is 17.2 Å². The van der Waals surface area contributed by atoms with Gasteiger partial charge >= 0.3 is 0 Å². The Morgan fingerprint density at radius 2 is 1.68 bits per heavy atom. The van der Waals surface area contributed by atoms with E-state index in [-0.39, 0.29) is 5.75 Å². The van der Waals surface area contributed by atoms with Crippen molar-refractivity contribution in [1.82, 2.24) is 9.80 Å². The smallest absolute Gasteiger partial charge is 0.126 e. The number of hydrogen-bond acceptors (Lipinski definition) is 6. The Balaban J connectivity index is 1.42. The average Bonchev–Trinajstić information content (AvgIpc) is 3.31. The summed E-state index contributed by atoms with van der Waals surface area (Å²) in [4.78, 5) is 4.83.